The number of halogens is 6. The van der Waals surface area contributed by atoms with Crippen LogP contribution in [-0.4, -0.2) is 20.9 Å². The van der Waals surface area contributed by atoms with Gasteiger partial charge in [0.15, 0.2) is 0 Å². The minimum absolute atomic E-state index is 0.331. The Morgan fingerprint density at radius 1 is 1.20 bits per heavy atom. The van der Waals surface area contributed by atoms with E-state index in [0.29, 0.717) is 0 Å². The Hall–Kier alpha value is -1.48. The van der Waals surface area contributed by atoms with E-state index in [2.05, 4.69) is 5.10 Å². The van der Waals surface area contributed by atoms with Crippen LogP contribution in [0.15, 0.2) is 4.79 Å². The normalized spacial score (nSPS) is 13.2. The third kappa shape index (κ3) is 2.99. The Labute approximate surface area is 77.5 Å². The zero-order valence-electron chi connectivity index (χ0n) is 6.78. The predicted molar refractivity (Wildman–Crippen MR) is 33.9 cm³/mol. The first-order valence-corrected chi connectivity index (χ1v) is 3.41. The molecule has 0 atom stereocenters. The van der Waals surface area contributed by atoms with Gasteiger partial charge >= 0.3 is 18.0 Å². The van der Waals surface area contributed by atoms with Gasteiger partial charge in [-0.3, -0.25) is 4.98 Å². The topological polar surface area (TPSA) is 50.7 Å². The van der Waals surface area contributed by atoms with E-state index in [-0.39, 0.29) is 4.68 Å². The quantitative estimate of drug-likeness (QED) is 0.742. The van der Waals surface area contributed by atoms with Crippen molar-refractivity contribution in [3.63, 3.8) is 0 Å². The van der Waals surface area contributed by atoms with Gasteiger partial charge in [-0.05, 0) is 0 Å². The van der Waals surface area contributed by atoms with E-state index in [1.165, 1.54) is 4.98 Å². The highest BCUT2D eigenvalue weighted by atomic mass is 19.4. The maximum atomic E-state index is 11.9. The number of H-pyrrole nitrogens is 1. The minimum atomic E-state index is -4.98. The maximum Gasteiger partial charge on any atom is 0.451 e. The van der Waals surface area contributed by atoms with Crippen LogP contribution in [0.5, 0.6) is 0 Å². The molecular weight excluding hydrogens is 232 g/mol. The van der Waals surface area contributed by atoms with Crippen LogP contribution in [-0.2, 0) is 12.7 Å². The molecule has 0 radical (unpaired) electrons. The molecule has 4 nitrogen and oxygen atoms in total. The summed E-state index contributed by atoms with van der Waals surface area (Å²) in [4.78, 5) is 11.8. The van der Waals surface area contributed by atoms with E-state index < -0.39 is 30.4 Å². The Kier molecular flexibility index (Phi) is 2.53. The molecule has 10 heteroatoms. The fraction of sp³-hybridized carbons (Fsp3) is 0.600. The summed E-state index contributed by atoms with van der Waals surface area (Å²) < 4.78 is 70.5. The molecule has 1 aromatic heterocycles. The minimum Gasteiger partial charge on any atom is -0.285 e. The Bertz CT molecular complexity index is 398. The van der Waals surface area contributed by atoms with Gasteiger partial charge in [-0.25, -0.2) is 9.48 Å². The monoisotopic (exact) mass is 235 g/mol. The molecule has 0 saturated carbocycles. The zero-order valence-corrected chi connectivity index (χ0v) is 6.78. The molecule has 86 valence electrons. The Morgan fingerprint density at radius 3 is 2.07 bits per heavy atom. The third-order valence-corrected chi connectivity index (χ3v) is 1.28. The highest BCUT2D eigenvalue weighted by Gasteiger charge is 2.37. The van der Waals surface area contributed by atoms with Gasteiger partial charge in [-0.2, -0.15) is 26.3 Å². The van der Waals surface area contributed by atoms with E-state index in [1.807, 2.05) is 0 Å². The molecule has 1 rings (SSSR count). The summed E-state index contributed by atoms with van der Waals surface area (Å²) in [5, 5.41) is 2.47. The SMILES string of the molecule is O=c1[nH]c(C(F)(F)F)nn1CC(F)(F)F. The van der Waals surface area contributed by atoms with Crippen LogP contribution in [0.4, 0.5) is 26.3 Å². The number of hydrogen-bond acceptors (Lipinski definition) is 2. The largest absolute Gasteiger partial charge is 0.451 e. The summed E-state index contributed by atoms with van der Waals surface area (Å²) >= 11 is 0. The number of aromatic nitrogens is 3. The van der Waals surface area contributed by atoms with Gasteiger partial charge in [-0.1, -0.05) is 0 Å². The van der Waals surface area contributed by atoms with Crippen molar-refractivity contribution >= 4 is 0 Å². The summed E-state index contributed by atoms with van der Waals surface area (Å²) in [7, 11) is 0. The lowest BCUT2D eigenvalue weighted by Gasteiger charge is -2.04. The van der Waals surface area contributed by atoms with Crippen molar-refractivity contribution in [2.24, 2.45) is 0 Å². The summed E-state index contributed by atoms with van der Waals surface area (Å²) in [6.07, 6.45) is -9.78. The molecular formula is C5H3F6N3O. The van der Waals surface area contributed by atoms with Crippen molar-refractivity contribution in [3.8, 4) is 0 Å². The number of alkyl halides is 6. The highest BCUT2D eigenvalue weighted by Crippen LogP contribution is 2.25. The summed E-state index contributed by atoms with van der Waals surface area (Å²) in [5.41, 5.74) is -1.56. The van der Waals surface area contributed by atoms with E-state index >= 15 is 0 Å². The van der Waals surface area contributed by atoms with Crippen LogP contribution >= 0.6 is 0 Å². The molecule has 0 aliphatic carbocycles. The molecule has 1 aromatic rings. The molecule has 0 unspecified atom stereocenters. The molecule has 0 aromatic carbocycles. The first-order chi connectivity index (χ1) is 6.59. The Balaban J connectivity index is 3.03. The number of aromatic amines is 1. The average Bonchev–Trinajstić information content (AvgIpc) is 2.27. The van der Waals surface area contributed by atoms with Gasteiger partial charge in [-0.15, -0.1) is 5.10 Å². The molecule has 0 aliphatic heterocycles. The van der Waals surface area contributed by atoms with Crippen LogP contribution in [0.1, 0.15) is 5.82 Å². The van der Waals surface area contributed by atoms with Gasteiger partial charge in [0, 0.05) is 0 Å². The lowest BCUT2D eigenvalue weighted by molar-refractivity contribution is -0.150. The van der Waals surface area contributed by atoms with Gasteiger partial charge < -0.3 is 0 Å². The van der Waals surface area contributed by atoms with Gasteiger partial charge in [0.05, 0.1) is 0 Å². The first-order valence-electron chi connectivity index (χ1n) is 3.41. The second-order valence-electron chi connectivity index (χ2n) is 2.55. The number of rotatable bonds is 1. The number of hydrogen-bond donors (Lipinski definition) is 1. The fourth-order valence-electron chi connectivity index (χ4n) is 0.761. The van der Waals surface area contributed by atoms with Crippen molar-refractivity contribution < 1.29 is 26.3 Å². The fourth-order valence-corrected chi connectivity index (χ4v) is 0.761. The van der Waals surface area contributed by atoms with Gasteiger partial charge in [0.2, 0.25) is 5.82 Å². The van der Waals surface area contributed by atoms with Crippen molar-refractivity contribution in [3.05, 3.63) is 16.3 Å². The summed E-state index contributed by atoms with van der Waals surface area (Å²) in [5.74, 6) is -1.75. The maximum absolute atomic E-state index is 11.9. The van der Waals surface area contributed by atoms with Crippen LogP contribution in [0, 0.1) is 0 Å². The van der Waals surface area contributed by atoms with Crippen molar-refractivity contribution in [1.29, 1.82) is 0 Å². The summed E-state index contributed by atoms with van der Waals surface area (Å²) in [6, 6.07) is 0. The van der Waals surface area contributed by atoms with Crippen molar-refractivity contribution in [2.45, 2.75) is 18.9 Å². The molecule has 0 spiro atoms. The van der Waals surface area contributed by atoms with Gasteiger partial charge in [0.25, 0.3) is 0 Å². The van der Waals surface area contributed by atoms with Crippen LogP contribution in [0.25, 0.3) is 0 Å². The van der Waals surface area contributed by atoms with Crippen LogP contribution < -0.4 is 5.69 Å². The number of nitrogens with one attached hydrogen (secondary N) is 1. The lowest BCUT2D eigenvalue weighted by atomic mass is 10.6. The van der Waals surface area contributed by atoms with Crippen LogP contribution in [0.3, 0.4) is 0 Å². The molecule has 0 bridgehead atoms. The first kappa shape index (κ1) is 11.6. The molecule has 0 saturated heterocycles. The standard InChI is InChI=1S/C5H3F6N3O/c6-4(7,8)1-14-3(15)12-2(13-14)5(9,10)11/h1H2,(H,12,13,15). The summed E-state index contributed by atoms with van der Waals surface area (Å²) in [6.45, 7) is -1.86. The second-order valence-corrected chi connectivity index (χ2v) is 2.55. The molecule has 0 amide bonds. The van der Waals surface area contributed by atoms with Crippen molar-refractivity contribution in [1.82, 2.24) is 14.8 Å². The van der Waals surface area contributed by atoms with E-state index in [1.54, 1.807) is 0 Å². The Morgan fingerprint density at radius 2 is 1.73 bits per heavy atom. The zero-order chi connectivity index (χ0) is 11.9. The van der Waals surface area contributed by atoms with E-state index in [9.17, 15) is 31.1 Å². The molecule has 1 N–H and O–H groups in total. The van der Waals surface area contributed by atoms with Gasteiger partial charge in [0.1, 0.15) is 6.54 Å². The van der Waals surface area contributed by atoms with E-state index in [4.69, 9.17) is 0 Å². The molecule has 15 heavy (non-hydrogen) atoms. The molecule has 0 aliphatic rings. The smallest absolute Gasteiger partial charge is 0.285 e. The third-order valence-electron chi connectivity index (χ3n) is 1.28. The molecule has 0 fully saturated rings. The highest BCUT2D eigenvalue weighted by molar-refractivity contribution is 4.88. The average molecular weight is 235 g/mol. The predicted octanol–water partition coefficient (Wildman–Crippen LogP) is 1.15. The second kappa shape index (κ2) is 3.28. The molecule has 1 heterocycles. The van der Waals surface area contributed by atoms with E-state index in [0.717, 1.165) is 0 Å². The number of nitrogens with zero attached hydrogens (tertiary/aromatic N) is 2. The van der Waals surface area contributed by atoms with Crippen molar-refractivity contribution in [2.75, 3.05) is 0 Å². The lowest BCUT2D eigenvalue weighted by Crippen LogP contribution is -2.27. The van der Waals surface area contributed by atoms with Crippen LogP contribution in [0.2, 0.25) is 0 Å².